The molecule has 0 bridgehead atoms. The van der Waals surface area contributed by atoms with Gasteiger partial charge in [-0.15, -0.1) is 0 Å². The first-order valence-corrected chi connectivity index (χ1v) is 6.24. The van der Waals surface area contributed by atoms with Gasteiger partial charge in [0.1, 0.15) is 5.82 Å². The Balaban J connectivity index is 2.19. The molecule has 0 aliphatic carbocycles. The lowest BCUT2D eigenvalue weighted by molar-refractivity contribution is 1.34. The van der Waals surface area contributed by atoms with E-state index >= 15 is 0 Å². The molecule has 2 nitrogen and oxygen atoms in total. The number of fused-ring (bicyclic) bond motifs is 1. The number of nitrogens with zero attached hydrogens (tertiary/aromatic N) is 1. The first kappa shape index (κ1) is 11.3. The summed E-state index contributed by atoms with van der Waals surface area (Å²) in [6.07, 6.45) is 0. The Kier molecular flexibility index (Phi) is 2.60. The van der Waals surface area contributed by atoms with Crippen LogP contribution in [0.25, 0.3) is 22.4 Å². The lowest BCUT2D eigenvalue weighted by Crippen LogP contribution is -1.79. The van der Waals surface area contributed by atoms with Crippen molar-refractivity contribution in [2.75, 3.05) is 0 Å². The van der Waals surface area contributed by atoms with Gasteiger partial charge in [-0.25, -0.2) is 4.98 Å². The fourth-order valence-electron chi connectivity index (χ4n) is 2.04. The highest BCUT2D eigenvalue weighted by molar-refractivity contribution is 6.30. The van der Waals surface area contributed by atoms with E-state index in [1.165, 1.54) is 11.1 Å². The normalized spacial score (nSPS) is 11.1. The summed E-state index contributed by atoms with van der Waals surface area (Å²) in [4.78, 5) is 7.95. The van der Waals surface area contributed by atoms with Crippen molar-refractivity contribution < 1.29 is 0 Å². The molecule has 0 fully saturated rings. The Hall–Kier alpha value is -1.80. The van der Waals surface area contributed by atoms with Crippen molar-refractivity contribution in [1.82, 2.24) is 9.97 Å². The molecule has 0 saturated carbocycles. The first-order chi connectivity index (χ1) is 8.63. The van der Waals surface area contributed by atoms with Gasteiger partial charge in [-0.1, -0.05) is 23.7 Å². The maximum Gasteiger partial charge on any atom is 0.138 e. The van der Waals surface area contributed by atoms with Crippen molar-refractivity contribution in [3.8, 4) is 11.4 Å². The van der Waals surface area contributed by atoms with Gasteiger partial charge in [0.05, 0.1) is 11.0 Å². The van der Waals surface area contributed by atoms with Crippen LogP contribution in [0.5, 0.6) is 0 Å². The molecule has 3 heteroatoms. The van der Waals surface area contributed by atoms with Crippen LogP contribution in [0.3, 0.4) is 0 Å². The summed E-state index contributed by atoms with van der Waals surface area (Å²) in [6, 6.07) is 12.0. The highest BCUT2D eigenvalue weighted by Gasteiger charge is 2.07. The standard InChI is InChI=1S/C15H13ClN2/c1-9-6-13-14(7-10(9)2)18-15(17-13)11-4-3-5-12(16)8-11/h3-8H,1-2H3,(H,17,18). The summed E-state index contributed by atoms with van der Waals surface area (Å²) >= 11 is 6.00. The number of aryl methyl sites for hydroxylation is 2. The van der Waals surface area contributed by atoms with Crippen LogP contribution in [0, 0.1) is 13.8 Å². The molecule has 2 aromatic carbocycles. The summed E-state index contributed by atoms with van der Waals surface area (Å²) in [6.45, 7) is 4.21. The Morgan fingerprint density at radius 3 is 2.61 bits per heavy atom. The number of hydrogen-bond donors (Lipinski definition) is 1. The van der Waals surface area contributed by atoms with Gasteiger partial charge < -0.3 is 4.98 Å². The van der Waals surface area contributed by atoms with E-state index in [2.05, 4.69) is 35.9 Å². The number of hydrogen-bond acceptors (Lipinski definition) is 1. The van der Waals surface area contributed by atoms with Crippen molar-refractivity contribution in [2.24, 2.45) is 0 Å². The molecule has 0 aliphatic heterocycles. The summed E-state index contributed by atoms with van der Waals surface area (Å²) in [5, 5.41) is 0.723. The molecule has 0 unspecified atom stereocenters. The van der Waals surface area contributed by atoms with Crippen LogP contribution < -0.4 is 0 Å². The van der Waals surface area contributed by atoms with Gasteiger partial charge in [0.25, 0.3) is 0 Å². The number of nitrogens with one attached hydrogen (secondary N) is 1. The quantitative estimate of drug-likeness (QED) is 0.682. The number of rotatable bonds is 1. The minimum absolute atomic E-state index is 0.723. The Labute approximate surface area is 111 Å². The van der Waals surface area contributed by atoms with Gasteiger partial charge in [-0.3, -0.25) is 0 Å². The lowest BCUT2D eigenvalue weighted by Gasteiger charge is -1.97. The van der Waals surface area contributed by atoms with Crippen LogP contribution in [-0.2, 0) is 0 Å². The Bertz CT molecular complexity index is 689. The van der Waals surface area contributed by atoms with Crippen LogP contribution in [-0.4, -0.2) is 9.97 Å². The molecule has 1 aromatic heterocycles. The van der Waals surface area contributed by atoms with E-state index in [0.29, 0.717) is 0 Å². The number of benzene rings is 2. The van der Waals surface area contributed by atoms with Gasteiger partial charge in [0.2, 0.25) is 0 Å². The van der Waals surface area contributed by atoms with Crippen LogP contribution >= 0.6 is 11.6 Å². The Morgan fingerprint density at radius 2 is 1.83 bits per heavy atom. The van der Waals surface area contributed by atoms with Crippen LogP contribution in [0.15, 0.2) is 36.4 Å². The van der Waals surface area contributed by atoms with Crippen molar-refractivity contribution in [3.63, 3.8) is 0 Å². The number of H-pyrrole nitrogens is 1. The van der Waals surface area contributed by atoms with Crippen LogP contribution in [0.1, 0.15) is 11.1 Å². The van der Waals surface area contributed by atoms with Crippen molar-refractivity contribution in [1.29, 1.82) is 0 Å². The summed E-state index contributed by atoms with van der Waals surface area (Å²) in [7, 11) is 0. The molecular weight excluding hydrogens is 244 g/mol. The van der Waals surface area contributed by atoms with Crippen LogP contribution in [0.2, 0.25) is 5.02 Å². The second kappa shape index (κ2) is 4.14. The molecule has 0 radical (unpaired) electrons. The molecule has 1 heterocycles. The van der Waals surface area contributed by atoms with E-state index in [1.54, 1.807) is 0 Å². The van der Waals surface area contributed by atoms with Gasteiger partial charge in [-0.2, -0.15) is 0 Å². The molecule has 3 rings (SSSR count). The average molecular weight is 257 g/mol. The average Bonchev–Trinajstić information content (AvgIpc) is 2.73. The molecule has 0 spiro atoms. The van der Waals surface area contributed by atoms with E-state index in [4.69, 9.17) is 11.6 Å². The van der Waals surface area contributed by atoms with Crippen molar-refractivity contribution in [3.05, 3.63) is 52.5 Å². The maximum atomic E-state index is 6.00. The third-order valence-corrected chi connectivity index (χ3v) is 3.43. The summed E-state index contributed by atoms with van der Waals surface area (Å²) < 4.78 is 0. The third-order valence-electron chi connectivity index (χ3n) is 3.20. The number of aromatic nitrogens is 2. The predicted molar refractivity (Wildman–Crippen MR) is 76.0 cm³/mol. The zero-order valence-corrected chi connectivity index (χ0v) is 11.0. The van der Waals surface area contributed by atoms with E-state index in [-0.39, 0.29) is 0 Å². The number of imidazole rings is 1. The first-order valence-electron chi connectivity index (χ1n) is 5.86. The van der Waals surface area contributed by atoms with E-state index in [0.717, 1.165) is 27.4 Å². The lowest BCUT2D eigenvalue weighted by atomic mass is 10.1. The molecule has 0 amide bonds. The molecule has 90 valence electrons. The fourth-order valence-corrected chi connectivity index (χ4v) is 2.23. The number of aromatic amines is 1. The summed E-state index contributed by atoms with van der Waals surface area (Å²) in [5.41, 5.74) is 5.59. The summed E-state index contributed by atoms with van der Waals surface area (Å²) in [5.74, 6) is 0.859. The molecular formula is C15H13ClN2. The monoisotopic (exact) mass is 256 g/mol. The van der Waals surface area contributed by atoms with Gasteiger partial charge in [-0.05, 0) is 49.2 Å². The highest BCUT2D eigenvalue weighted by Crippen LogP contribution is 2.24. The van der Waals surface area contributed by atoms with Gasteiger partial charge in [0.15, 0.2) is 0 Å². The van der Waals surface area contributed by atoms with E-state index in [1.807, 2.05) is 24.3 Å². The largest absolute Gasteiger partial charge is 0.338 e. The molecule has 0 aliphatic rings. The molecule has 0 saturated heterocycles. The molecule has 0 atom stereocenters. The predicted octanol–water partition coefficient (Wildman–Crippen LogP) is 4.50. The minimum Gasteiger partial charge on any atom is -0.338 e. The van der Waals surface area contributed by atoms with E-state index in [9.17, 15) is 0 Å². The number of halogens is 1. The highest BCUT2D eigenvalue weighted by atomic mass is 35.5. The maximum absolute atomic E-state index is 6.00. The smallest absolute Gasteiger partial charge is 0.138 e. The fraction of sp³-hybridized carbons (Fsp3) is 0.133. The minimum atomic E-state index is 0.723. The zero-order chi connectivity index (χ0) is 12.7. The topological polar surface area (TPSA) is 28.7 Å². The Morgan fingerprint density at radius 1 is 1.06 bits per heavy atom. The third kappa shape index (κ3) is 1.89. The van der Waals surface area contributed by atoms with Crippen LogP contribution in [0.4, 0.5) is 0 Å². The second-order valence-electron chi connectivity index (χ2n) is 4.55. The van der Waals surface area contributed by atoms with Crippen molar-refractivity contribution >= 4 is 22.6 Å². The van der Waals surface area contributed by atoms with E-state index < -0.39 is 0 Å². The molecule has 1 N–H and O–H groups in total. The van der Waals surface area contributed by atoms with Crippen molar-refractivity contribution in [2.45, 2.75) is 13.8 Å². The molecule has 3 aromatic rings. The van der Waals surface area contributed by atoms with Gasteiger partial charge >= 0.3 is 0 Å². The van der Waals surface area contributed by atoms with Gasteiger partial charge in [0, 0.05) is 10.6 Å². The SMILES string of the molecule is Cc1cc2nc(-c3cccc(Cl)c3)[nH]c2cc1C. The zero-order valence-electron chi connectivity index (χ0n) is 10.3. The molecule has 18 heavy (non-hydrogen) atoms. The second-order valence-corrected chi connectivity index (χ2v) is 4.99.